The minimum Gasteiger partial charge on any atom is -0.317 e. The van der Waals surface area contributed by atoms with Crippen LogP contribution in [0, 0.1) is 0 Å². The topological polar surface area (TPSA) is 42.7 Å². The number of nitrogens with one attached hydrogen (secondary N) is 1. The molecule has 1 N–H and O–H groups in total. The molecule has 0 fully saturated rings. The Labute approximate surface area is 60.3 Å². The van der Waals surface area contributed by atoms with E-state index < -0.39 is 0 Å². The second kappa shape index (κ2) is 3.31. The minimum absolute atomic E-state index is 0.786. The first-order valence-corrected chi connectivity index (χ1v) is 3.39. The van der Waals surface area contributed by atoms with Gasteiger partial charge in [-0.2, -0.15) is 0 Å². The lowest BCUT2D eigenvalue weighted by Crippen LogP contribution is -2.11. The van der Waals surface area contributed by atoms with Gasteiger partial charge in [-0.1, -0.05) is 0 Å². The first kappa shape index (κ1) is 7.21. The number of nitrogens with zero attached hydrogens (tertiary/aromatic N) is 3. The van der Waals surface area contributed by atoms with E-state index >= 15 is 0 Å². The van der Waals surface area contributed by atoms with Crippen molar-refractivity contribution in [2.75, 3.05) is 7.05 Å². The van der Waals surface area contributed by atoms with Crippen molar-refractivity contribution in [1.29, 1.82) is 0 Å². The molecule has 1 heterocycles. The van der Waals surface area contributed by atoms with E-state index in [0.29, 0.717) is 0 Å². The maximum atomic E-state index is 3.93. The fourth-order valence-electron chi connectivity index (χ4n) is 0.838. The molecule has 1 aromatic rings. The molecule has 4 heteroatoms. The Morgan fingerprint density at radius 1 is 1.70 bits per heavy atom. The van der Waals surface area contributed by atoms with Gasteiger partial charge in [0, 0.05) is 6.54 Å². The van der Waals surface area contributed by atoms with Crippen molar-refractivity contribution in [2.45, 2.75) is 20.0 Å². The summed E-state index contributed by atoms with van der Waals surface area (Å²) in [5.74, 6) is 0.991. The standard InChI is InChI=1S/C6H12N4/c1-3-10-5-8-9-6(10)4-7-2/h5,7H,3-4H2,1-2H3. The Morgan fingerprint density at radius 2 is 2.50 bits per heavy atom. The third-order valence-corrected chi connectivity index (χ3v) is 1.37. The fourth-order valence-corrected chi connectivity index (χ4v) is 0.838. The van der Waals surface area contributed by atoms with Crippen LogP contribution in [0.3, 0.4) is 0 Å². The number of hydrogen-bond donors (Lipinski definition) is 1. The summed E-state index contributed by atoms with van der Waals surface area (Å²) in [6, 6.07) is 0. The average molecular weight is 140 g/mol. The molecule has 1 aromatic heterocycles. The molecule has 0 aliphatic rings. The number of aromatic nitrogens is 3. The summed E-state index contributed by atoms with van der Waals surface area (Å²) < 4.78 is 2.01. The Morgan fingerprint density at radius 3 is 3.10 bits per heavy atom. The maximum absolute atomic E-state index is 3.93. The van der Waals surface area contributed by atoms with E-state index in [0.717, 1.165) is 18.9 Å². The van der Waals surface area contributed by atoms with Crippen LogP contribution in [0.2, 0.25) is 0 Å². The van der Waals surface area contributed by atoms with Gasteiger partial charge in [0.1, 0.15) is 12.2 Å². The molecular formula is C6H12N4. The number of rotatable bonds is 3. The van der Waals surface area contributed by atoms with E-state index in [1.807, 2.05) is 11.6 Å². The summed E-state index contributed by atoms with van der Waals surface area (Å²) in [6.45, 7) is 3.79. The molecule has 0 unspecified atom stereocenters. The lowest BCUT2D eigenvalue weighted by Gasteiger charge is -1.99. The third kappa shape index (κ3) is 1.33. The lowest BCUT2D eigenvalue weighted by atomic mass is 10.5. The van der Waals surface area contributed by atoms with Crippen molar-refractivity contribution in [1.82, 2.24) is 20.1 Å². The monoisotopic (exact) mass is 140 g/mol. The second-order valence-electron chi connectivity index (χ2n) is 2.06. The summed E-state index contributed by atoms with van der Waals surface area (Å²) in [5.41, 5.74) is 0. The second-order valence-corrected chi connectivity index (χ2v) is 2.06. The first-order chi connectivity index (χ1) is 4.88. The molecule has 0 aromatic carbocycles. The van der Waals surface area contributed by atoms with E-state index in [9.17, 15) is 0 Å². The molecule has 0 aliphatic carbocycles. The fraction of sp³-hybridized carbons (Fsp3) is 0.667. The van der Waals surface area contributed by atoms with Crippen molar-refractivity contribution in [3.8, 4) is 0 Å². The van der Waals surface area contributed by atoms with Gasteiger partial charge in [0.05, 0.1) is 6.54 Å². The largest absolute Gasteiger partial charge is 0.317 e. The Kier molecular flexibility index (Phi) is 2.39. The minimum atomic E-state index is 0.786. The van der Waals surface area contributed by atoms with E-state index in [2.05, 4.69) is 22.4 Å². The SMILES string of the molecule is CCn1cnnc1CNC. The van der Waals surface area contributed by atoms with E-state index in [4.69, 9.17) is 0 Å². The van der Waals surface area contributed by atoms with Gasteiger partial charge in [-0.15, -0.1) is 10.2 Å². The summed E-state index contributed by atoms with van der Waals surface area (Å²) in [4.78, 5) is 0. The Bertz CT molecular complexity index is 193. The van der Waals surface area contributed by atoms with Crippen molar-refractivity contribution in [3.63, 3.8) is 0 Å². The Balaban J connectivity index is 2.70. The highest BCUT2D eigenvalue weighted by molar-refractivity contribution is 4.83. The summed E-state index contributed by atoms with van der Waals surface area (Å²) in [6.07, 6.45) is 1.74. The van der Waals surface area contributed by atoms with E-state index in [-0.39, 0.29) is 0 Å². The molecule has 0 atom stereocenters. The lowest BCUT2D eigenvalue weighted by molar-refractivity contribution is 0.657. The molecular weight excluding hydrogens is 128 g/mol. The molecule has 0 saturated carbocycles. The predicted octanol–water partition coefficient (Wildman–Crippen LogP) is 0.0174. The molecule has 0 saturated heterocycles. The van der Waals surface area contributed by atoms with Crippen LogP contribution in [0.5, 0.6) is 0 Å². The maximum Gasteiger partial charge on any atom is 0.146 e. The van der Waals surface area contributed by atoms with Gasteiger partial charge in [0.2, 0.25) is 0 Å². The predicted molar refractivity (Wildman–Crippen MR) is 38.5 cm³/mol. The average Bonchev–Trinajstić information content (AvgIpc) is 2.36. The van der Waals surface area contributed by atoms with E-state index in [1.54, 1.807) is 6.33 Å². The highest BCUT2D eigenvalue weighted by atomic mass is 15.3. The molecule has 4 nitrogen and oxygen atoms in total. The van der Waals surface area contributed by atoms with Gasteiger partial charge in [-0.3, -0.25) is 0 Å². The highest BCUT2D eigenvalue weighted by Crippen LogP contribution is 1.92. The smallest absolute Gasteiger partial charge is 0.146 e. The van der Waals surface area contributed by atoms with Gasteiger partial charge in [-0.05, 0) is 14.0 Å². The zero-order chi connectivity index (χ0) is 7.40. The quantitative estimate of drug-likeness (QED) is 0.643. The first-order valence-electron chi connectivity index (χ1n) is 3.39. The molecule has 56 valence electrons. The van der Waals surface area contributed by atoms with Gasteiger partial charge in [-0.25, -0.2) is 0 Å². The van der Waals surface area contributed by atoms with E-state index in [1.165, 1.54) is 0 Å². The molecule has 10 heavy (non-hydrogen) atoms. The zero-order valence-corrected chi connectivity index (χ0v) is 6.33. The molecule has 0 radical (unpaired) electrons. The molecule has 1 rings (SSSR count). The summed E-state index contributed by atoms with van der Waals surface area (Å²) in [7, 11) is 1.90. The van der Waals surface area contributed by atoms with Crippen LogP contribution in [-0.4, -0.2) is 21.8 Å². The highest BCUT2D eigenvalue weighted by Gasteiger charge is 1.98. The van der Waals surface area contributed by atoms with Gasteiger partial charge in [0.25, 0.3) is 0 Å². The van der Waals surface area contributed by atoms with Crippen LogP contribution in [-0.2, 0) is 13.1 Å². The normalized spacial score (nSPS) is 10.2. The van der Waals surface area contributed by atoms with Crippen LogP contribution in [0.15, 0.2) is 6.33 Å². The van der Waals surface area contributed by atoms with Crippen molar-refractivity contribution in [3.05, 3.63) is 12.2 Å². The van der Waals surface area contributed by atoms with Gasteiger partial charge in [0.15, 0.2) is 0 Å². The molecule has 0 amide bonds. The molecule has 0 bridgehead atoms. The van der Waals surface area contributed by atoms with Gasteiger partial charge >= 0.3 is 0 Å². The van der Waals surface area contributed by atoms with Crippen LogP contribution in [0.25, 0.3) is 0 Å². The zero-order valence-electron chi connectivity index (χ0n) is 6.33. The number of aryl methyl sites for hydroxylation is 1. The molecule has 0 spiro atoms. The van der Waals surface area contributed by atoms with Crippen LogP contribution in [0.4, 0.5) is 0 Å². The van der Waals surface area contributed by atoms with Crippen molar-refractivity contribution < 1.29 is 0 Å². The third-order valence-electron chi connectivity index (χ3n) is 1.37. The van der Waals surface area contributed by atoms with Crippen molar-refractivity contribution >= 4 is 0 Å². The number of hydrogen-bond acceptors (Lipinski definition) is 3. The van der Waals surface area contributed by atoms with Crippen LogP contribution in [0.1, 0.15) is 12.7 Å². The van der Waals surface area contributed by atoms with Crippen LogP contribution >= 0.6 is 0 Å². The summed E-state index contributed by atoms with van der Waals surface area (Å²) >= 11 is 0. The van der Waals surface area contributed by atoms with Crippen LogP contribution < -0.4 is 5.32 Å². The van der Waals surface area contributed by atoms with Gasteiger partial charge < -0.3 is 9.88 Å². The molecule has 0 aliphatic heterocycles. The summed E-state index contributed by atoms with van der Waals surface area (Å²) in [5, 5.41) is 10.7. The Hall–Kier alpha value is -0.900. The van der Waals surface area contributed by atoms with Crippen molar-refractivity contribution in [2.24, 2.45) is 0 Å².